The number of nitrogens with zero attached hydrogens (tertiary/aromatic N) is 5. The molecule has 9 heteroatoms. The van der Waals surface area contributed by atoms with Crippen LogP contribution in [0.4, 0.5) is 5.82 Å². The molecule has 0 amide bonds. The van der Waals surface area contributed by atoms with Crippen molar-refractivity contribution in [3.05, 3.63) is 48.2 Å². The quantitative estimate of drug-likeness (QED) is 0.581. The molecule has 0 aromatic carbocycles. The number of hydrogen-bond donors (Lipinski definition) is 0. The fourth-order valence-electron chi connectivity index (χ4n) is 3.28. The summed E-state index contributed by atoms with van der Waals surface area (Å²) in [7, 11) is 0. The number of anilines is 1. The average molecular weight is 397 g/mol. The molecule has 0 N–H and O–H groups in total. The SMILES string of the molecule is CCOC(=O)c1ccc(N2CCCN(Cc3nc(-c4ccco4)no3)CC2)nc1. The van der Waals surface area contributed by atoms with Crippen molar-refractivity contribution < 1.29 is 18.5 Å². The summed E-state index contributed by atoms with van der Waals surface area (Å²) < 4.78 is 15.7. The number of rotatable bonds is 6. The second kappa shape index (κ2) is 8.87. The van der Waals surface area contributed by atoms with Gasteiger partial charge in [-0.15, -0.1) is 0 Å². The number of hydrogen-bond acceptors (Lipinski definition) is 9. The molecular formula is C20H23N5O4. The highest BCUT2D eigenvalue weighted by Crippen LogP contribution is 2.18. The number of furan rings is 1. The van der Waals surface area contributed by atoms with Crippen LogP contribution >= 0.6 is 0 Å². The minimum atomic E-state index is -0.345. The van der Waals surface area contributed by atoms with Crippen molar-refractivity contribution in [3.8, 4) is 11.6 Å². The molecule has 152 valence electrons. The van der Waals surface area contributed by atoms with E-state index in [2.05, 4.69) is 24.9 Å². The number of aromatic nitrogens is 3. The summed E-state index contributed by atoms with van der Waals surface area (Å²) >= 11 is 0. The van der Waals surface area contributed by atoms with Crippen LogP contribution in [0, 0.1) is 0 Å². The number of ether oxygens (including phenoxy) is 1. The average Bonchev–Trinajstić information content (AvgIpc) is 3.37. The maximum atomic E-state index is 11.8. The molecule has 9 nitrogen and oxygen atoms in total. The molecule has 1 saturated heterocycles. The first kappa shape index (κ1) is 19.1. The summed E-state index contributed by atoms with van der Waals surface area (Å²) in [5, 5.41) is 3.98. The molecule has 0 atom stereocenters. The molecule has 3 aromatic rings. The monoisotopic (exact) mass is 397 g/mol. The molecule has 0 saturated carbocycles. The summed E-state index contributed by atoms with van der Waals surface area (Å²) in [4.78, 5) is 25.1. The van der Waals surface area contributed by atoms with Gasteiger partial charge >= 0.3 is 5.97 Å². The second-order valence-corrected chi connectivity index (χ2v) is 6.73. The van der Waals surface area contributed by atoms with Crippen LogP contribution in [-0.4, -0.2) is 58.8 Å². The van der Waals surface area contributed by atoms with Gasteiger partial charge in [0, 0.05) is 32.4 Å². The zero-order chi connectivity index (χ0) is 20.1. The fourth-order valence-corrected chi connectivity index (χ4v) is 3.28. The van der Waals surface area contributed by atoms with Crippen molar-refractivity contribution in [3.63, 3.8) is 0 Å². The van der Waals surface area contributed by atoms with Gasteiger partial charge in [0.1, 0.15) is 5.82 Å². The van der Waals surface area contributed by atoms with E-state index in [1.807, 2.05) is 6.07 Å². The van der Waals surface area contributed by atoms with Crippen molar-refractivity contribution in [2.24, 2.45) is 0 Å². The van der Waals surface area contributed by atoms with Crippen molar-refractivity contribution in [1.29, 1.82) is 0 Å². The Kier molecular flexibility index (Phi) is 5.85. The molecule has 3 aromatic heterocycles. The van der Waals surface area contributed by atoms with Gasteiger partial charge in [-0.3, -0.25) is 4.90 Å². The standard InChI is InChI=1S/C20H23N5O4/c1-2-27-20(26)15-6-7-17(21-13-15)25-9-4-8-24(10-11-25)14-18-22-19(23-29-18)16-5-3-12-28-16/h3,5-7,12-13H,2,4,8-11,14H2,1H3. The zero-order valence-corrected chi connectivity index (χ0v) is 16.3. The third-order valence-electron chi connectivity index (χ3n) is 4.74. The molecule has 0 bridgehead atoms. The normalized spacial score (nSPS) is 15.3. The summed E-state index contributed by atoms with van der Waals surface area (Å²) in [5.74, 6) is 2.15. The number of pyridine rings is 1. The third-order valence-corrected chi connectivity index (χ3v) is 4.74. The number of esters is 1. The minimum absolute atomic E-state index is 0.345. The lowest BCUT2D eigenvalue weighted by Gasteiger charge is -2.22. The molecule has 1 aliphatic heterocycles. The van der Waals surface area contributed by atoms with Crippen LogP contribution < -0.4 is 4.90 Å². The van der Waals surface area contributed by atoms with Gasteiger partial charge in [-0.2, -0.15) is 4.98 Å². The van der Waals surface area contributed by atoms with Crippen molar-refractivity contribution >= 4 is 11.8 Å². The first-order chi connectivity index (χ1) is 14.2. The molecule has 4 rings (SSSR count). The van der Waals surface area contributed by atoms with Gasteiger partial charge in [-0.25, -0.2) is 9.78 Å². The highest BCUT2D eigenvalue weighted by molar-refractivity contribution is 5.89. The summed E-state index contributed by atoms with van der Waals surface area (Å²) in [5.41, 5.74) is 0.468. The lowest BCUT2D eigenvalue weighted by atomic mass is 10.2. The van der Waals surface area contributed by atoms with Crippen LogP contribution in [0.5, 0.6) is 0 Å². The van der Waals surface area contributed by atoms with E-state index in [4.69, 9.17) is 13.7 Å². The summed E-state index contributed by atoms with van der Waals surface area (Å²) in [6, 6.07) is 7.23. The fraction of sp³-hybridized carbons (Fsp3) is 0.400. The predicted octanol–water partition coefficient (Wildman–Crippen LogP) is 2.61. The van der Waals surface area contributed by atoms with E-state index in [0.717, 1.165) is 38.4 Å². The topological polar surface area (TPSA) is 97.7 Å². The first-order valence-electron chi connectivity index (χ1n) is 9.70. The molecule has 29 heavy (non-hydrogen) atoms. The Morgan fingerprint density at radius 1 is 1.21 bits per heavy atom. The van der Waals surface area contributed by atoms with E-state index in [1.165, 1.54) is 0 Å². The maximum absolute atomic E-state index is 11.8. The highest BCUT2D eigenvalue weighted by Gasteiger charge is 2.19. The summed E-state index contributed by atoms with van der Waals surface area (Å²) in [6.07, 6.45) is 4.15. The van der Waals surface area contributed by atoms with Crippen LogP contribution in [0.15, 0.2) is 45.7 Å². The van der Waals surface area contributed by atoms with Gasteiger partial charge in [0.2, 0.25) is 11.7 Å². The van der Waals surface area contributed by atoms with Gasteiger partial charge in [-0.05, 0) is 37.6 Å². The maximum Gasteiger partial charge on any atom is 0.339 e. The molecule has 4 heterocycles. The Balaban J connectivity index is 1.34. The molecular weight excluding hydrogens is 374 g/mol. The molecule has 0 radical (unpaired) electrons. The van der Waals surface area contributed by atoms with Crippen molar-refractivity contribution in [1.82, 2.24) is 20.0 Å². The van der Waals surface area contributed by atoms with E-state index < -0.39 is 0 Å². The number of carbonyl (C=O) groups is 1. The van der Waals surface area contributed by atoms with Crippen LogP contribution in [0.25, 0.3) is 11.6 Å². The van der Waals surface area contributed by atoms with Crippen molar-refractivity contribution in [2.75, 3.05) is 37.7 Å². The zero-order valence-electron chi connectivity index (χ0n) is 16.3. The largest absolute Gasteiger partial charge is 0.462 e. The molecule has 1 fully saturated rings. The third kappa shape index (κ3) is 4.62. The summed E-state index contributed by atoms with van der Waals surface area (Å²) in [6.45, 7) is 6.22. The van der Waals surface area contributed by atoms with Gasteiger partial charge in [-0.1, -0.05) is 5.16 Å². The molecule has 0 aliphatic carbocycles. The Bertz CT molecular complexity index is 923. The number of carbonyl (C=O) groups excluding carboxylic acids is 1. The van der Waals surface area contributed by atoms with Crippen LogP contribution in [0.1, 0.15) is 29.6 Å². The van der Waals surface area contributed by atoms with Crippen LogP contribution in [0.2, 0.25) is 0 Å². The lowest BCUT2D eigenvalue weighted by molar-refractivity contribution is 0.0526. The van der Waals surface area contributed by atoms with E-state index >= 15 is 0 Å². The van der Waals surface area contributed by atoms with Gasteiger partial charge in [0.05, 0.1) is 25.0 Å². The highest BCUT2D eigenvalue weighted by atomic mass is 16.5. The van der Waals surface area contributed by atoms with E-state index in [-0.39, 0.29) is 5.97 Å². The Morgan fingerprint density at radius 2 is 2.14 bits per heavy atom. The predicted molar refractivity (Wildman–Crippen MR) is 104 cm³/mol. The molecule has 0 spiro atoms. The van der Waals surface area contributed by atoms with Gasteiger partial charge in [0.15, 0.2) is 5.76 Å². The Labute approximate surface area is 168 Å². The van der Waals surface area contributed by atoms with E-state index in [1.54, 1.807) is 37.6 Å². The Morgan fingerprint density at radius 3 is 2.90 bits per heavy atom. The molecule has 0 unspecified atom stereocenters. The van der Waals surface area contributed by atoms with Gasteiger partial charge in [0.25, 0.3) is 0 Å². The van der Waals surface area contributed by atoms with E-state index in [0.29, 0.717) is 36.2 Å². The van der Waals surface area contributed by atoms with Gasteiger partial charge < -0.3 is 18.6 Å². The van der Waals surface area contributed by atoms with E-state index in [9.17, 15) is 4.79 Å². The first-order valence-corrected chi connectivity index (χ1v) is 9.70. The van der Waals surface area contributed by atoms with Crippen LogP contribution in [0.3, 0.4) is 0 Å². The van der Waals surface area contributed by atoms with Crippen molar-refractivity contribution in [2.45, 2.75) is 19.9 Å². The Hall–Kier alpha value is -3.20. The second-order valence-electron chi connectivity index (χ2n) is 6.73. The minimum Gasteiger partial charge on any atom is -0.462 e. The lowest BCUT2D eigenvalue weighted by Crippen LogP contribution is -2.31. The smallest absolute Gasteiger partial charge is 0.339 e. The van der Waals surface area contributed by atoms with Crippen LogP contribution in [-0.2, 0) is 11.3 Å². The molecule has 1 aliphatic rings.